The molecule has 0 saturated carbocycles. The minimum absolute atomic E-state index is 0.330. The second-order valence-electron chi connectivity index (χ2n) is 4.00. The quantitative estimate of drug-likeness (QED) is 0.705. The SMILES string of the molecule is COCCN(CCC#N)c1c(N)cccc1C(N)=O. The predicted molar refractivity (Wildman–Crippen MR) is 73.7 cm³/mol. The van der Waals surface area contributed by atoms with Crippen molar-refractivity contribution in [3.63, 3.8) is 0 Å². The van der Waals surface area contributed by atoms with Crippen LogP contribution < -0.4 is 16.4 Å². The maximum Gasteiger partial charge on any atom is 0.250 e. The topological polar surface area (TPSA) is 105 Å². The Bertz CT molecular complexity index is 482. The molecular formula is C13H18N4O2. The average Bonchev–Trinajstić information content (AvgIpc) is 2.39. The first kappa shape index (κ1) is 14.8. The van der Waals surface area contributed by atoms with E-state index >= 15 is 0 Å². The zero-order chi connectivity index (χ0) is 14.3. The van der Waals surface area contributed by atoms with Gasteiger partial charge >= 0.3 is 0 Å². The average molecular weight is 262 g/mol. The summed E-state index contributed by atoms with van der Waals surface area (Å²) < 4.78 is 5.03. The largest absolute Gasteiger partial charge is 0.397 e. The Morgan fingerprint density at radius 1 is 1.47 bits per heavy atom. The van der Waals surface area contributed by atoms with Gasteiger partial charge in [-0.3, -0.25) is 4.79 Å². The molecule has 0 aliphatic heterocycles. The molecule has 1 rings (SSSR count). The van der Waals surface area contributed by atoms with Gasteiger partial charge in [-0.1, -0.05) is 6.07 Å². The highest BCUT2D eigenvalue weighted by Gasteiger charge is 2.17. The number of primary amides is 1. The second-order valence-corrected chi connectivity index (χ2v) is 4.00. The second kappa shape index (κ2) is 7.24. The van der Waals surface area contributed by atoms with Crippen LogP contribution in [0, 0.1) is 11.3 Å². The molecule has 0 aliphatic rings. The summed E-state index contributed by atoms with van der Waals surface area (Å²) in [6.07, 6.45) is 0.330. The molecule has 1 aromatic carbocycles. The lowest BCUT2D eigenvalue weighted by molar-refractivity contribution is 0.100. The van der Waals surface area contributed by atoms with Crippen molar-refractivity contribution in [2.75, 3.05) is 37.4 Å². The van der Waals surface area contributed by atoms with Crippen LogP contribution in [0.15, 0.2) is 18.2 Å². The van der Waals surface area contributed by atoms with E-state index in [4.69, 9.17) is 21.5 Å². The first-order valence-corrected chi connectivity index (χ1v) is 5.91. The summed E-state index contributed by atoms with van der Waals surface area (Å²) in [4.78, 5) is 13.3. The van der Waals surface area contributed by atoms with Crippen LogP contribution in [0.2, 0.25) is 0 Å². The van der Waals surface area contributed by atoms with E-state index in [2.05, 4.69) is 6.07 Å². The fourth-order valence-corrected chi connectivity index (χ4v) is 1.83. The Morgan fingerprint density at radius 3 is 2.79 bits per heavy atom. The highest BCUT2D eigenvalue weighted by atomic mass is 16.5. The van der Waals surface area contributed by atoms with E-state index in [0.717, 1.165) is 0 Å². The Hall–Kier alpha value is -2.26. The molecule has 0 spiro atoms. The highest BCUT2D eigenvalue weighted by molar-refractivity contribution is 6.01. The summed E-state index contributed by atoms with van der Waals surface area (Å²) in [6, 6.07) is 7.08. The van der Waals surface area contributed by atoms with Crippen LogP contribution >= 0.6 is 0 Å². The molecule has 0 radical (unpaired) electrons. The minimum atomic E-state index is -0.540. The summed E-state index contributed by atoms with van der Waals surface area (Å²) in [5.74, 6) is -0.540. The number of amides is 1. The molecule has 6 nitrogen and oxygen atoms in total. The fraction of sp³-hybridized carbons (Fsp3) is 0.385. The molecule has 1 amide bonds. The smallest absolute Gasteiger partial charge is 0.250 e. The molecule has 19 heavy (non-hydrogen) atoms. The van der Waals surface area contributed by atoms with Crippen molar-refractivity contribution in [2.45, 2.75) is 6.42 Å². The summed E-state index contributed by atoms with van der Waals surface area (Å²) >= 11 is 0. The van der Waals surface area contributed by atoms with Gasteiger partial charge in [0.1, 0.15) is 0 Å². The van der Waals surface area contributed by atoms with E-state index in [-0.39, 0.29) is 0 Å². The lowest BCUT2D eigenvalue weighted by Crippen LogP contribution is -2.31. The number of hydrogen-bond donors (Lipinski definition) is 2. The van der Waals surface area contributed by atoms with Gasteiger partial charge in [-0.2, -0.15) is 5.26 Å². The lowest BCUT2D eigenvalue weighted by atomic mass is 10.1. The first-order chi connectivity index (χ1) is 9.11. The van der Waals surface area contributed by atoms with E-state index in [1.165, 1.54) is 0 Å². The van der Waals surface area contributed by atoms with Crippen LogP contribution in [-0.2, 0) is 4.74 Å². The number of nitrogens with zero attached hydrogens (tertiary/aromatic N) is 2. The molecule has 6 heteroatoms. The van der Waals surface area contributed by atoms with E-state index in [0.29, 0.717) is 43.1 Å². The Morgan fingerprint density at radius 2 is 2.21 bits per heavy atom. The molecule has 0 aliphatic carbocycles. The molecule has 102 valence electrons. The van der Waals surface area contributed by atoms with E-state index < -0.39 is 5.91 Å². The van der Waals surface area contributed by atoms with Gasteiger partial charge in [0.05, 0.1) is 36.0 Å². The number of anilines is 2. The molecule has 0 aromatic heterocycles. The predicted octanol–water partition coefficient (Wildman–Crippen LogP) is 0.734. The normalized spacial score (nSPS) is 9.89. The summed E-state index contributed by atoms with van der Waals surface area (Å²) in [6.45, 7) is 1.47. The van der Waals surface area contributed by atoms with Gasteiger partial charge < -0.3 is 21.1 Å². The van der Waals surface area contributed by atoms with Crippen molar-refractivity contribution >= 4 is 17.3 Å². The Labute approximate surface area is 112 Å². The van der Waals surface area contributed by atoms with Crippen molar-refractivity contribution in [1.29, 1.82) is 5.26 Å². The Balaban J connectivity index is 3.12. The van der Waals surface area contributed by atoms with Crippen molar-refractivity contribution < 1.29 is 9.53 Å². The monoisotopic (exact) mass is 262 g/mol. The van der Waals surface area contributed by atoms with Crippen LogP contribution in [0.3, 0.4) is 0 Å². The summed E-state index contributed by atoms with van der Waals surface area (Å²) in [7, 11) is 1.59. The number of methoxy groups -OCH3 is 1. The van der Waals surface area contributed by atoms with Crippen molar-refractivity contribution in [2.24, 2.45) is 5.73 Å². The fourth-order valence-electron chi connectivity index (χ4n) is 1.83. The van der Waals surface area contributed by atoms with Crippen LogP contribution in [0.4, 0.5) is 11.4 Å². The van der Waals surface area contributed by atoms with Gasteiger partial charge in [-0.25, -0.2) is 0 Å². The van der Waals surface area contributed by atoms with Crippen LogP contribution in [0.5, 0.6) is 0 Å². The van der Waals surface area contributed by atoms with Crippen molar-refractivity contribution in [3.05, 3.63) is 23.8 Å². The maximum absolute atomic E-state index is 11.5. The molecule has 4 N–H and O–H groups in total. The number of nitrogen functional groups attached to an aromatic ring is 1. The van der Waals surface area contributed by atoms with E-state index in [1.807, 2.05) is 4.90 Å². The van der Waals surface area contributed by atoms with Crippen molar-refractivity contribution in [3.8, 4) is 6.07 Å². The van der Waals surface area contributed by atoms with Crippen LogP contribution in [-0.4, -0.2) is 32.7 Å². The van der Waals surface area contributed by atoms with E-state index in [1.54, 1.807) is 25.3 Å². The molecule has 0 atom stereocenters. The standard InChI is InChI=1S/C13H18N4O2/c1-19-9-8-17(7-3-6-14)12-10(13(16)18)4-2-5-11(12)15/h2,4-5H,3,7-9,15H2,1H3,(H2,16,18). The first-order valence-electron chi connectivity index (χ1n) is 5.91. The third-order valence-corrected chi connectivity index (χ3v) is 2.71. The zero-order valence-electron chi connectivity index (χ0n) is 10.9. The number of ether oxygens (including phenoxy) is 1. The minimum Gasteiger partial charge on any atom is -0.397 e. The van der Waals surface area contributed by atoms with Crippen LogP contribution in [0.25, 0.3) is 0 Å². The van der Waals surface area contributed by atoms with Crippen molar-refractivity contribution in [1.82, 2.24) is 0 Å². The number of nitriles is 1. The molecule has 0 heterocycles. The molecule has 0 saturated heterocycles. The van der Waals surface area contributed by atoms with Gasteiger partial charge in [-0.05, 0) is 12.1 Å². The number of nitrogens with two attached hydrogens (primary N) is 2. The summed E-state index contributed by atoms with van der Waals surface area (Å²) in [5, 5.41) is 8.70. The van der Waals surface area contributed by atoms with Gasteiger partial charge in [0.15, 0.2) is 0 Å². The third-order valence-electron chi connectivity index (χ3n) is 2.71. The third kappa shape index (κ3) is 3.86. The number of carbonyl (C=O) groups is 1. The number of carbonyl (C=O) groups excluding carboxylic acids is 1. The summed E-state index contributed by atoms with van der Waals surface area (Å²) in [5.41, 5.74) is 12.7. The molecular weight excluding hydrogens is 244 g/mol. The highest BCUT2D eigenvalue weighted by Crippen LogP contribution is 2.27. The van der Waals surface area contributed by atoms with Crippen LogP contribution in [0.1, 0.15) is 16.8 Å². The number of para-hydroxylation sites is 1. The maximum atomic E-state index is 11.5. The van der Waals surface area contributed by atoms with Gasteiger partial charge in [0.25, 0.3) is 5.91 Å². The van der Waals surface area contributed by atoms with Gasteiger partial charge in [0, 0.05) is 20.2 Å². The molecule has 1 aromatic rings. The van der Waals surface area contributed by atoms with E-state index in [9.17, 15) is 4.79 Å². The van der Waals surface area contributed by atoms with Gasteiger partial charge in [-0.15, -0.1) is 0 Å². The number of hydrogen-bond acceptors (Lipinski definition) is 5. The van der Waals surface area contributed by atoms with Gasteiger partial charge in [0.2, 0.25) is 0 Å². The number of benzene rings is 1. The molecule has 0 unspecified atom stereocenters. The lowest BCUT2D eigenvalue weighted by Gasteiger charge is -2.26. The molecule has 0 bridgehead atoms. The Kier molecular flexibility index (Phi) is 5.64. The number of rotatable bonds is 7. The zero-order valence-corrected chi connectivity index (χ0v) is 10.9. The molecule has 0 fully saturated rings.